The van der Waals surface area contributed by atoms with Crippen LogP contribution < -0.4 is 9.47 Å². The van der Waals surface area contributed by atoms with Crippen molar-refractivity contribution < 1.29 is 19.0 Å². The Hall–Kier alpha value is -2.53. The van der Waals surface area contributed by atoms with Crippen LogP contribution in [0.1, 0.15) is 35.3 Å². The van der Waals surface area contributed by atoms with Crippen molar-refractivity contribution in [2.24, 2.45) is 0 Å². The number of carbonyl (C=O) groups is 1. The summed E-state index contributed by atoms with van der Waals surface area (Å²) >= 11 is 0. The van der Waals surface area contributed by atoms with Crippen LogP contribution in [0.25, 0.3) is 0 Å². The van der Waals surface area contributed by atoms with Gasteiger partial charge in [-0.25, -0.2) is 4.79 Å². The van der Waals surface area contributed by atoms with Gasteiger partial charge >= 0.3 is 5.97 Å². The van der Waals surface area contributed by atoms with Crippen LogP contribution in [0.4, 0.5) is 0 Å². The van der Waals surface area contributed by atoms with Crippen LogP contribution in [0, 0.1) is 0 Å². The van der Waals surface area contributed by atoms with Gasteiger partial charge in [-0.3, -0.25) is 4.90 Å². The van der Waals surface area contributed by atoms with Gasteiger partial charge in [-0.05, 0) is 42.4 Å². The van der Waals surface area contributed by atoms with Crippen molar-refractivity contribution in [2.45, 2.75) is 27.0 Å². The average Bonchev–Trinajstić information content (AvgIpc) is 2.70. The lowest BCUT2D eigenvalue weighted by Gasteiger charge is -2.18. The number of benzene rings is 2. The smallest absolute Gasteiger partial charge is 0.338 e. The highest BCUT2D eigenvalue weighted by atomic mass is 16.5. The highest BCUT2D eigenvalue weighted by Gasteiger charge is 2.12. The van der Waals surface area contributed by atoms with Crippen LogP contribution in [0.3, 0.4) is 0 Å². The van der Waals surface area contributed by atoms with Gasteiger partial charge in [-0.15, -0.1) is 0 Å². The molecular formula is C21H27NO4. The minimum Gasteiger partial charge on any atom is -0.493 e. The Morgan fingerprint density at radius 3 is 2.08 bits per heavy atom. The lowest BCUT2D eigenvalue weighted by Crippen LogP contribution is -2.22. The minimum absolute atomic E-state index is 0.235. The van der Waals surface area contributed by atoms with Gasteiger partial charge in [0.05, 0.1) is 19.8 Å². The Kier molecular flexibility index (Phi) is 7.48. The third-order valence-electron chi connectivity index (χ3n) is 4.31. The van der Waals surface area contributed by atoms with E-state index in [0.717, 1.165) is 25.2 Å². The quantitative estimate of drug-likeness (QED) is 0.637. The van der Waals surface area contributed by atoms with Crippen LogP contribution in [0.5, 0.6) is 11.5 Å². The molecule has 5 nitrogen and oxygen atoms in total. The molecule has 0 heterocycles. The molecule has 0 amide bonds. The molecule has 0 bridgehead atoms. The molecule has 0 spiro atoms. The normalized spacial score (nSPS) is 10.7. The van der Waals surface area contributed by atoms with Crippen LogP contribution in [0.2, 0.25) is 0 Å². The highest BCUT2D eigenvalue weighted by Crippen LogP contribution is 2.27. The van der Waals surface area contributed by atoms with E-state index in [9.17, 15) is 4.79 Å². The molecular weight excluding hydrogens is 330 g/mol. The van der Waals surface area contributed by atoms with Crippen molar-refractivity contribution in [3.8, 4) is 11.5 Å². The van der Waals surface area contributed by atoms with Crippen molar-refractivity contribution >= 4 is 5.97 Å². The monoisotopic (exact) mass is 357 g/mol. The number of nitrogens with zero attached hydrogens (tertiary/aromatic N) is 1. The van der Waals surface area contributed by atoms with E-state index in [1.54, 1.807) is 25.3 Å². The molecule has 0 aliphatic heterocycles. The van der Waals surface area contributed by atoms with E-state index in [2.05, 4.69) is 30.9 Å². The lowest BCUT2D eigenvalue weighted by molar-refractivity contribution is 0.0472. The summed E-state index contributed by atoms with van der Waals surface area (Å²) in [6.07, 6.45) is 0. The van der Waals surface area contributed by atoms with Crippen LogP contribution in [-0.2, 0) is 17.9 Å². The number of carbonyl (C=O) groups excluding carboxylic acids is 1. The minimum atomic E-state index is -0.391. The number of esters is 1. The highest BCUT2D eigenvalue weighted by molar-refractivity contribution is 5.90. The van der Waals surface area contributed by atoms with Crippen molar-refractivity contribution in [1.29, 1.82) is 0 Å². The number of rotatable bonds is 9. The summed E-state index contributed by atoms with van der Waals surface area (Å²) in [6, 6.07) is 13.1. The molecule has 0 N–H and O–H groups in total. The summed E-state index contributed by atoms with van der Waals surface area (Å²) in [7, 11) is 3.09. The van der Waals surface area contributed by atoms with E-state index in [0.29, 0.717) is 17.1 Å². The predicted molar refractivity (Wildman–Crippen MR) is 102 cm³/mol. The van der Waals surface area contributed by atoms with Gasteiger partial charge in [0.15, 0.2) is 11.5 Å². The molecule has 2 aromatic carbocycles. The Labute approximate surface area is 155 Å². The fourth-order valence-electron chi connectivity index (χ4n) is 2.64. The van der Waals surface area contributed by atoms with Gasteiger partial charge < -0.3 is 14.2 Å². The van der Waals surface area contributed by atoms with Gasteiger partial charge in [0, 0.05) is 6.54 Å². The number of hydrogen-bond donors (Lipinski definition) is 0. The van der Waals surface area contributed by atoms with Crippen LogP contribution >= 0.6 is 0 Å². The standard InChI is InChI=1S/C21H27NO4/c1-5-22(6-2)14-16-7-9-17(10-8-16)15-26-21(23)18-11-12-19(24-3)20(13-18)25-4/h7-13H,5-6,14-15H2,1-4H3. The Bertz CT molecular complexity index is 708. The summed E-state index contributed by atoms with van der Waals surface area (Å²) in [5.41, 5.74) is 2.64. The summed E-state index contributed by atoms with van der Waals surface area (Å²) in [6.45, 7) is 7.54. The second-order valence-electron chi connectivity index (χ2n) is 5.92. The summed E-state index contributed by atoms with van der Waals surface area (Å²) in [5, 5.41) is 0. The van der Waals surface area contributed by atoms with E-state index in [-0.39, 0.29) is 6.61 Å². The number of methoxy groups -OCH3 is 2. The molecule has 5 heteroatoms. The second kappa shape index (κ2) is 9.82. The third-order valence-corrected chi connectivity index (χ3v) is 4.31. The molecule has 0 aromatic heterocycles. The van der Waals surface area contributed by atoms with Crippen molar-refractivity contribution in [3.05, 3.63) is 59.2 Å². The maximum absolute atomic E-state index is 12.3. The Morgan fingerprint density at radius 1 is 0.885 bits per heavy atom. The van der Waals surface area contributed by atoms with Gasteiger partial charge in [0.2, 0.25) is 0 Å². The Balaban J connectivity index is 1.95. The molecule has 2 rings (SSSR count). The maximum atomic E-state index is 12.3. The average molecular weight is 357 g/mol. The first-order valence-electron chi connectivity index (χ1n) is 8.80. The number of hydrogen-bond acceptors (Lipinski definition) is 5. The van der Waals surface area contributed by atoms with E-state index in [1.807, 2.05) is 12.1 Å². The van der Waals surface area contributed by atoms with E-state index < -0.39 is 5.97 Å². The summed E-state index contributed by atoms with van der Waals surface area (Å²) in [4.78, 5) is 14.6. The Morgan fingerprint density at radius 2 is 1.50 bits per heavy atom. The van der Waals surface area contributed by atoms with Crippen molar-refractivity contribution in [1.82, 2.24) is 4.90 Å². The molecule has 26 heavy (non-hydrogen) atoms. The van der Waals surface area contributed by atoms with Gasteiger partial charge in [-0.2, -0.15) is 0 Å². The third kappa shape index (κ3) is 5.23. The second-order valence-corrected chi connectivity index (χ2v) is 5.92. The molecule has 2 aromatic rings. The van der Waals surface area contributed by atoms with E-state index in [4.69, 9.17) is 14.2 Å². The molecule has 0 fully saturated rings. The summed E-state index contributed by atoms with van der Waals surface area (Å²) in [5.74, 6) is 0.689. The van der Waals surface area contributed by atoms with E-state index in [1.165, 1.54) is 12.7 Å². The largest absolute Gasteiger partial charge is 0.493 e. The molecule has 0 saturated heterocycles. The zero-order valence-electron chi connectivity index (χ0n) is 16.0. The zero-order chi connectivity index (χ0) is 18.9. The predicted octanol–water partition coefficient (Wildman–Crippen LogP) is 3.90. The molecule has 0 atom stereocenters. The SMILES string of the molecule is CCN(CC)Cc1ccc(COC(=O)c2ccc(OC)c(OC)c2)cc1. The van der Waals surface area contributed by atoms with Crippen LogP contribution in [-0.4, -0.2) is 38.2 Å². The molecule has 0 unspecified atom stereocenters. The molecule has 0 saturated carbocycles. The van der Waals surface area contributed by atoms with Gasteiger partial charge in [-0.1, -0.05) is 38.1 Å². The lowest BCUT2D eigenvalue weighted by atomic mass is 10.1. The zero-order valence-corrected chi connectivity index (χ0v) is 16.0. The van der Waals surface area contributed by atoms with Crippen molar-refractivity contribution in [3.63, 3.8) is 0 Å². The fourth-order valence-corrected chi connectivity index (χ4v) is 2.64. The molecule has 140 valence electrons. The van der Waals surface area contributed by atoms with Crippen LogP contribution in [0.15, 0.2) is 42.5 Å². The first-order valence-corrected chi connectivity index (χ1v) is 8.80. The van der Waals surface area contributed by atoms with Gasteiger partial charge in [0.1, 0.15) is 6.61 Å². The molecule has 0 aliphatic carbocycles. The van der Waals surface area contributed by atoms with E-state index >= 15 is 0 Å². The van der Waals surface area contributed by atoms with Gasteiger partial charge in [0.25, 0.3) is 0 Å². The molecule has 0 aliphatic rings. The maximum Gasteiger partial charge on any atom is 0.338 e. The van der Waals surface area contributed by atoms with Crippen molar-refractivity contribution in [2.75, 3.05) is 27.3 Å². The number of ether oxygens (including phenoxy) is 3. The molecule has 0 radical (unpaired) electrons. The fraction of sp³-hybridized carbons (Fsp3) is 0.381. The first-order chi connectivity index (χ1) is 12.6. The topological polar surface area (TPSA) is 48.0 Å². The first kappa shape index (κ1) is 19.8. The summed E-state index contributed by atoms with van der Waals surface area (Å²) < 4.78 is 15.8.